The Kier molecular flexibility index (Phi) is 11.7. The summed E-state index contributed by atoms with van der Waals surface area (Å²) < 4.78 is 5.90. The lowest BCUT2D eigenvalue weighted by atomic mass is 9.62. The van der Waals surface area contributed by atoms with Crippen molar-refractivity contribution in [1.29, 1.82) is 0 Å². The zero-order valence-electron chi connectivity index (χ0n) is 17.7. The van der Waals surface area contributed by atoms with Gasteiger partial charge in [-0.3, -0.25) is 0 Å². The fraction of sp³-hybridized carbons (Fsp3) is 0.913. The fourth-order valence-electron chi connectivity index (χ4n) is 4.77. The molecule has 0 aromatic carbocycles. The largest absolute Gasteiger partial charge is 0.365 e. The highest BCUT2D eigenvalue weighted by Crippen LogP contribution is 2.49. The van der Waals surface area contributed by atoms with E-state index < -0.39 is 5.79 Å². The van der Waals surface area contributed by atoms with Gasteiger partial charge in [-0.05, 0) is 75.8 Å². The summed E-state index contributed by atoms with van der Waals surface area (Å²) >= 11 is 0. The van der Waals surface area contributed by atoms with Crippen LogP contribution in [0.2, 0.25) is 0 Å². The first-order chi connectivity index (χ1) is 12.6. The van der Waals surface area contributed by atoms with Crippen LogP contribution < -0.4 is 5.32 Å². The van der Waals surface area contributed by atoms with Gasteiger partial charge in [0, 0.05) is 12.8 Å². The van der Waals surface area contributed by atoms with Gasteiger partial charge in [0.15, 0.2) is 5.79 Å². The van der Waals surface area contributed by atoms with E-state index >= 15 is 0 Å². The molecule has 0 heterocycles. The van der Waals surface area contributed by atoms with Crippen LogP contribution in [0.15, 0.2) is 13.2 Å². The van der Waals surface area contributed by atoms with Crippen molar-refractivity contribution < 1.29 is 9.84 Å². The highest BCUT2D eigenvalue weighted by Gasteiger charge is 2.42. The molecule has 0 bridgehead atoms. The summed E-state index contributed by atoms with van der Waals surface area (Å²) in [6, 6.07) is 0. The van der Waals surface area contributed by atoms with Crippen LogP contribution >= 0.6 is 0 Å². The number of hydrogen-bond donors (Lipinski definition) is 2. The molecule has 2 fully saturated rings. The highest BCUT2D eigenvalue weighted by atomic mass is 16.6. The average molecular weight is 368 g/mol. The van der Waals surface area contributed by atoms with E-state index in [0.717, 1.165) is 51.1 Å². The number of rotatable bonds is 10. The van der Waals surface area contributed by atoms with Crippen molar-refractivity contribution in [1.82, 2.24) is 5.32 Å². The molecule has 2 rings (SSSR count). The van der Waals surface area contributed by atoms with E-state index in [-0.39, 0.29) is 0 Å². The third-order valence-electron chi connectivity index (χ3n) is 6.54. The maximum atomic E-state index is 10.7. The Balaban J connectivity index is 0.00000163. The summed E-state index contributed by atoms with van der Waals surface area (Å²) in [7, 11) is 0. The van der Waals surface area contributed by atoms with Gasteiger partial charge in [0.05, 0.1) is 6.61 Å². The smallest absolute Gasteiger partial charge is 0.165 e. The summed E-state index contributed by atoms with van der Waals surface area (Å²) in [6.07, 6.45) is 15.7. The third-order valence-corrected chi connectivity index (χ3v) is 6.54. The zero-order chi connectivity index (χ0) is 19.3. The van der Waals surface area contributed by atoms with Gasteiger partial charge in [0.25, 0.3) is 0 Å². The molecule has 2 aliphatic carbocycles. The quantitative estimate of drug-likeness (QED) is 0.290. The van der Waals surface area contributed by atoms with Crippen molar-refractivity contribution in [2.24, 2.45) is 11.3 Å². The van der Waals surface area contributed by atoms with Crippen LogP contribution in [-0.2, 0) is 4.74 Å². The maximum absolute atomic E-state index is 10.7. The van der Waals surface area contributed by atoms with Gasteiger partial charge in [-0.25, -0.2) is 0 Å². The summed E-state index contributed by atoms with van der Waals surface area (Å²) in [4.78, 5) is 0. The second kappa shape index (κ2) is 12.9. The van der Waals surface area contributed by atoms with Gasteiger partial charge in [-0.2, -0.15) is 0 Å². The van der Waals surface area contributed by atoms with E-state index in [1.165, 1.54) is 51.4 Å². The number of hydrogen-bond acceptors (Lipinski definition) is 3. The Morgan fingerprint density at radius 1 is 0.962 bits per heavy atom. The average Bonchev–Trinajstić information content (AvgIpc) is 2.66. The Hall–Kier alpha value is -0.380. The molecule has 0 aliphatic heterocycles. The SMILES string of the molecule is C=C.CCCNCCCCCOC1(O)CCC(C2(C)CCCCC2)CC1. The zero-order valence-corrected chi connectivity index (χ0v) is 17.7. The van der Waals surface area contributed by atoms with E-state index in [2.05, 4.69) is 32.3 Å². The second-order valence-electron chi connectivity index (χ2n) is 8.59. The van der Waals surface area contributed by atoms with Gasteiger partial charge in [-0.15, -0.1) is 13.2 Å². The molecule has 2 saturated carbocycles. The molecule has 0 spiro atoms. The molecule has 2 N–H and O–H groups in total. The van der Waals surface area contributed by atoms with Crippen LogP contribution in [-0.4, -0.2) is 30.6 Å². The lowest BCUT2D eigenvalue weighted by molar-refractivity contribution is -0.229. The summed E-state index contributed by atoms with van der Waals surface area (Å²) in [5.41, 5.74) is 0.533. The molecule has 3 heteroatoms. The Morgan fingerprint density at radius 3 is 2.23 bits per heavy atom. The van der Waals surface area contributed by atoms with Crippen molar-refractivity contribution in [2.45, 2.75) is 103 Å². The van der Waals surface area contributed by atoms with Crippen molar-refractivity contribution in [3.05, 3.63) is 13.2 Å². The molecule has 26 heavy (non-hydrogen) atoms. The van der Waals surface area contributed by atoms with E-state index in [1.54, 1.807) is 0 Å². The molecule has 154 valence electrons. The molecule has 2 aliphatic rings. The van der Waals surface area contributed by atoms with Gasteiger partial charge in [-0.1, -0.05) is 33.1 Å². The molecule has 0 saturated heterocycles. The van der Waals surface area contributed by atoms with E-state index in [1.807, 2.05) is 0 Å². The first kappa shape index (κ1) is 23.7. The van der Waals surface area contributed by atoms with Crippen LogP contribution in [0.3, 0.4) is 0 Å². The fourth-order valence-corrected chi connectivity index (χ4v) is 4.77. The minimum atomic E-state index is -0.831. The summed E-state index contributed by atoms with van der Waals surface area (Å²) in [6.45, 7) is 13.6. The summed E-state index contributed by atoms with van der Waals surface area (Å²) in [5, 5.41) is 14.1. The number of ether oxygens (including phenoxy) is 1. The molecule has 0 radical (unpaired) electrons. The van der Waals surface area contributed by atoms with Crippen LogP contribution in [0.5, 0.6) is 0 Å². The van der Waals surface area contributed by atoms with Crippen molar-refractivity contribution in [3.8, 4) is 0 Å². The van der Waals surface area contributed by atoms with Crippen molar-refractivity contribution >= 4 is 0 Å². The van der Waals surface area contributed by atoms with Gasteiger partial charge in [0.2, 0.25) is 0 Å². The Morgan fingerprint density at radius 2 is 1.62 bits per heavy atom. The maximum Gasteiger partial charge on any atom is 0.165 e. The predicted octanol–water partition coefficient (Wildman–Crippen LogP) is 5.82. The number of unbranched alkanes of at least 4 members (excludes halogenated alkanes) is 2. The van der Waals surface area contributed by atoms with E-state index in [9.17, 15) is 5.11 Å². The van der Waals surface area contributed by atoms with E-state index in [0.29, 0.717) is 12.0 Å². The van der Waals surface area contributed by atoms with Gasteiger partial charge in [0.1, 0.15) is 0 Å². The van der Waals surface area contributed by atoms with Gasteiger partial charge < -0.3 is 15.2 Å². The molecular formula is C23H45NO2. The molecule has 3 nitrogen and oxygen atoms in total. The molecule has 0 aromatic heterocycles. The second-order valence-corrected chi connectivity index (χ2v) is 8.59. The lowest BCUT2D eigenvalue weighted by Crippen LogP contribution is -2.41. The van der Waals surface area contributed by atoms with Crippen molar-refractivity contribution in [3.63, 3.8) is 0 Å². The number of aliphatic hydroxyl groups is 1. The minimum absolute atomic E-state index is 0.533. The first-order valence-corrected chi connectivity index (χ1v) is 11.2. The molecule has 0 atom stereocenters. The van der Waals surface area contributed by atoms with Crippen LogP contribution in [0.1, 0.15) is 97.3 Å². The van der Waals surface area contributed by atoms with Crippen LogP contribution in [0.25, 0.3) is 0 Å². The Bertz CT molecular complexity index is 344. The third kappa shape index (κ3) is 8.10. The monoisotopic (exact) mass is 367 g/mol. The standard InChI is InChI=1S/C21H41NO2.C2H4/c1-3-16-22-17-8-5-9-18-24-21(23)14-10-19(11-15-21)20(2)12-6-4-7-13-20;1-2/h19,22-23H,3-18H2,1-2H3;1-2H2. The molecule has 0 aromatic rings. The normalized spacial score (nSPS) is 28.2. The van der Waals surface area contributed by atoms with E-state index in [4.69, 9.17) is 4.74 Å². The minimum Gasteiger partial charge on any atom is -0.365 e. The molecule has 0 amide bonds. The lowest BCUT2D eigenvalue weighted by Gasteiger charge is -2.46. The molecular weight excluding hydrogens is 322 g/mol. The van der Waals surface area contributed by atoms with Crippen LogP contribution in [0.4, 0.5) is 0 Å². The molecule has 0 unspecified atom stereocenters. The summed E-state index contributed by atoms with van der Waals surface area (Å²) in [5.74, 6) is -0.0338. The Labute approximate surface area is 163 Å². The first-order valence-electron chi connectivity index (χ1n) is 11.2. The number of nitrogens with one attached hydrogen (secondary N) is 1. The highest BCUT2D eigenvalue weighted by molar-refractivity contribution is 4.90. The predicted molar refractivity (Wildman–Crippen MR) is 112 cm³/mol. The van der Waals surface area contributed by atoms with Crippen LogP contribution in [0, 0.1) is 11.3 Å². The van der Waals surface area contributed by atoms with Crippen molar-refractivity contribution in [2.75, 3.05) is 19.7 Å². The topological polar surface area (TPSA) is 41.5 Å². The van der Waals surface area contributed by atoms with Gasteiger partial charge >= 0.3 is 0 Å².